The van der Waals surface area contributed by atoms with Gasteiger partial charge in [0.2, 0.25) is 11.8 Å². The summed E-state index contributed by atoms with van der Waals surface area (Å²) in [5.74, 6) is -0.350. The standard InChI is InChI=1S/C28H35N3O5/c1-5-19(3)29-26(33)24(6-2)31(18-20-13-15-21(36-4)16-14-20)25(32)12-9-17-30-27(34)22-10-7-8-11-23(22)28(30)35/h7-8,10-11,13-16,19,24H,5-6,9,12,17-18H2,1-4H3,(H,29,33)/t19-,24-/m0/s1. The Balaban J connectivity index is 1.71. The average Bonchev–Trinajstić information content (AvgIpc) is 3.13. The third kappa shape index (κ3) is 6.11. The van der Waals surface area contributed by atoms with E-state index in [1.54, 1.807) is 36.3 Å². The molecule has 1 aliphatic rings. The monoisotopic (exact) mass is 493 g/mol. The van der Waals surface area contributed by atoms with E-state index in [1.165, 1.54) is 4.90 Å². The smallest absolute Gasteiger partial charge is 0.261 e. The molecule has 192 valence electrons. The van der Waals surface area contributed by atoms with Crippen molar-refractivity contribution in [3.05, 3.63) is 65.2 Å². The largest absolute Gasteiger partial charge is 0.497 e. The van der Waals surface area contributed by atoms with Crippen LogP contribution in [0, 0.1) is 0 Å². The van der Waals surface area contributed by atoms with Gasteiger partial charge in [0.1, 0.15) is 11.8 Å². The molecule has 0 bridgehead atoms. The predicted molar refractivity (Wildman–Crippen MR) is 137 cm³/mol. The first-order valence-corrected chi connectivity index (χ1v) is 12.5. The molecule has 4 amide bonds. The Morgan fingerprint density at radius 1 is 0.972 bits per heavy atom. The van der Waals surface area contributed by atoms with Crippen molar-refractivity contribution in [3.8, 4) is 5.75 Å². The minimum Gasteiger partial charge on any atom is -0.497 e. The molecule has 0 spiro atoms. The normalized spacial score (nSPS) is 14.3. The molecule has 0 radical (unpaired) electrons. The molecule has 0 aromatic heterocycles. The third-order valence-electron chi connectivity index (χ3n) is 6.55. The van der Waals surface area contributed by atoms with Crippen molar-refractivity contribution in [2.75, 3.05) is 13.7 Å². The first-order valence-electron chi connectivity index (χ1n) is 12.5. The number of methoxy groups -OCH3 is 1. The first kappa shape index (κ1) is 26.9. The highest BCUT2D eigenvalue weighted by molar-refractivity contribution is 6.21. The summed E-state index contributed by atoms with van der Waals surface area (Å²) < 4.78 is 5.22. The van der Waals surface area contributed by atoms with E-state index in [2.05, 4.69) is 5.32 Å². The predicted octanol–water partition coefficient (Wildman–Crippen LogP) is 3.79. The van der Waals surface area contributed by atoms with Crippen molar-refractivity contribution in [2.45, 2.75) is 65.1 Å². The Morgan fingerprint density at radius 3 is 2.11 bits per heavy atom. The summed E-state index contributed by atoms with van der Waals surface area (Å²) in [7, 11) is 1.59. The van der Waals surface area contributed by atoms with Gasteiger partial charge in [-0.2, -0.15) is 0 Å². The second kappa shape index (κ2) is 12.3. The van der Waals surface area contributed by atoms with E-state index in [4.69, 9.17) is 4.74 Å². The molecule has 0 saturated heterocycles. The van der Waals surface area contributed by atoms with Crippen molar-refractivity contribution < 1.29 is 23.9 Å². The third-order valence-corrected chi connectivity index (χ3v) is 6.55. The fourth-order valence-electron chi connectivity index (χ4n) is 4.26. The molecule has 2 atom stereocenters. The van der Waals surface area contributed by atoms with Crippen LogP contribution in [-0.2, 0) is 16.1 Å². The number of benzene rings is 2. The number of rotatable bonds is 12. The van der Waals surface area contributed by atoms with E-state index in [0.29, 0.717) is 29.7 Å². The van der Waals surface area contributed by atoms with Crippen molar-refractivity contribution >= 4 is 23.6 Å². The number of nitrogens with zero attached hydrogens (tertiary/aromatic N) is 2. The molecule has 8 nitrogen and oxygen atoms in total. The van der Waals surface area contributed by atoms with E-state index < -0.39 is 6.04 Å². The molecule has 0 fully saturated rings. The van der Waals surface area contributed by atoms with Gasteiger partial charge in [-0.1, -0.05) is 38.1 Å². The van der Waals surface area contributed by atoms with Gasteiger partial charge in [0.25, 0.3) is 11.8 Å². The van der Waals surface area contributed by atoms with Crippen LogP contribution in [-0.4, -0.2) is 59.2 Å². The molecule has 1 aliphatic heterocycles. The SMILES string of the molecule is CC[C@H](C)NC(=O)[C@H](CC)N(Cc1ccc(OC)cc1)C(=O)CCCN1C(=O)c2ccccc2C1=O. The van der Waals surface area contributed by atoms with Crippen LogP contribution in [0.1, 0.15) is 72.7 Å². The number of carbonyl (C=O) groups excluding carboxylic acids is 4. The zero-order valence-electron chi connectivity index (χ0n) is 21.5. The molecule has 2 aromatic carbocycles. The number of nitrogens with one attached hydrogen (secondary N) is 1. The van der Waals surface area contributed by atoms with Crippen molar-refractivity contribution in [1.29, 1.82) is 0 Å². The molecule has 1 N–H and O–H groups in total. The number of ether oxygens (including phenoxy) is 1. The number of imide groups is 1. The lowest BCUT2D eigenvalue weighted by Crippen LogP contribution is -2.50. The second-order valence-electron chi connectivity index (χ2n) is 9.02. The van der Waals surface area contributed by atoms with E-state index >= 15 is 0 Å². The number of fused-ring (bicyclic) bond motifs is 1. The van der Waals surface area contributed by atoms with Gasteiger partial charge in [0.15, 0.2) is 0 Å². The van der Waals surface area contributed by atoms with Gasteiger partial charge in [0.05, 0.1) is 18.2 Å². The van der Waals surface area contributed by atoms with Crippen LogP contribution >= 0.6 is 0 Å². The Kier molecular flexibility index (Phi) is 9.22. The maximum absolute atomic E-state index is 13.4. The first-order chi connectivity index (χ1) is 17.3. The van der Waals surface area contributed by atoms with Crippen LogP contribution in [0.3, 0.4) is 0 Å². The van der Waals surface area contributed by atoms with E-state index in [9.17, 15) is 19.2 Å². The topological polar surface area (TPSA) is 96.0 Å². The van der Waals surface area contributed by atoms with Gasteiger partial charge < -0.3 is 15.0 Å². The van der Waals surface area contributed by atoms with Crippen LogP contribution in [0.4, 0.5) is 0 Å². The maximum atomic E-state index is 13.4. The molecule has 0 unspecified atom stereocenters. The zero-order chi connectivity index (χ0) is 26.2. The fourth-order valence-corrected chi connectivity index (χ4v) is 4.26. The lowest BCUT2D eigenvalue weighted by molar-refractivity contribution is -0.141. The summed E-state index contributed by atoms with van der Waals surface area (Å²) in [4.78, 5) is 54.5. The second-order valence-corrected chi connectivity index (χ2v) is 9.02. The highest BCUT2D eigenvalue weighted by Crippen LogP contribution is 2.23. The number of carbonyl (C=O) groups is 4. The zero-order valence-corrected chi connectivity index (χ0v) is 21.5. The minimum atomic E-state index is -0.632. The maximum Gasteiger partial charge on any atom is 0.261 e. The van der Waals surface area contributed by atoms with E-state index in [0.717, 1.165) is 12.0 Å². The number of hydrogen-bond acceptors (Lipinski definition) is 5. The molecule has 8 heteroatoms. The highest BCUT2D eigenvalue weighted by Gasteiger charge is 2.35. The van der Waals surface area contributed by atoms with Gasteiger partial charge in [-0.15, -0.1) is 0 Å². The molecule has 3 rings (SSSR count). The lowest BCUT2D eigenvalue weighted by Gasteiger charge is -2.31. The summed E-state index contributed by atoms with van der Waals surface area (Å²) >= 11 is 0. The van der Waals surface area contributed by atoms with Crippen LogP contribution in [0.25, 0.3) is 0 Å². The lowest BCUT2D eigenvalue weighted by atomic mass is 10.1. The molecule has 1 heterocycles. The molecule has 0 aliphatic carbocycles. The molecule has 36 heavy (non-hydrogen) atoms. The summed E-state index contributed by atoms with van der Waals surface area (Å²) in [5, 5.41) is 2.99. The summed E-state index contributed by atoms with van der Waals surface area (Å²) in [6, 6.07) is 13.5. The van der Waals surface area contributed by atoms with Gasteiger partial charge >= 0.3 is 0 Å². The van der Waals surface area contributed by atoms with E-state index in [1.807, 2.05) is 45.0 Å². The Labute approximate surface area is 212 Å². The Morgan fingerprint density at radius 2 is 1.58 bits per heavy atom. The Hall–Kier alpha value is -3.68. The fraction of sp³-hybridized carbons (Fsp3) is 0.429. The van der Waals surface area contributed by atoms with Crippen molar-refractivity contribution in [1.82, 2.24) is 15.1 Å². The van der Waals surface area contributed by atoms with Gasteiger partial charge in [-0.05, 0) is 56.0 Å². The Bertz CT molecular complexity index is 1060. The number of amides is 4. The van der Waals surface area contributed by atoms with Crippen molar-refractivity contribution in [2.24, 2.45) is 0 Å². The molecule has 0 saturated carbocycles. The quantitative estimate of drug-likeness (QED) is 0.454. The molecular weight excluding hydrogens is 458 g/mol. The summed E-state index contributed by atoms with van der Waals surface area (Å²) in [6.07, 6.45) is 1.67. The van der Waals surface area contributed by atoms with Crippen LogP contribution in [0.2, 0.25) is 0 Å². The number of hydrogen-bond donors (Lipinski definition) is 1. The van der Waals surface area contributed by atoms with Gasteiger partial charge in [0, 0.05) is 25.6 Å². The minimum absolute atomic E-state index is 0.00156. The van der Waals surface area contributed by atoms with Crippen LogP contribution in [0.15, 0.2) is 48.5 Å². The van der Waals surface area contributed by atoms with Gasteiger partial charge in [-0.3, -0.25) is 24.1 Å². The highest BCUT2D eigenvalue weighted by atomic mass is 16.5. The van der Waals surface area contributed by atoms with Crippen LogP contribution in [0.5, 0.6) is 5.75 Å². The summed E-state index contributed by atoms with van der Waals surface area (Å²) in [5.41, 5.74) is 1.66. The van der Waals surface area contributed by atoms with E-state index in [-0.39, 0.29) is 49.2 Å². The van der Waals surface area contributed by atoms with Crippen LogP contribution < -0.4 is 10.1 Å². The van der Waals surface area contributed by atoms with Gasteiger partial charge in [-0.25, -0.2) is 0 Å². The average molecular weight is 494 g/mol. The molecule has 2 aromatic rings. The van der Waals surface area contributed by atoms with Crippen molar-refractivity contribution in [3.63, 3.8) is 0 Å². The molecular formula is C28H35N3O5. The summed E-state index contributed by atoms with van der Waals surface area (Å²) in [6.45, 7) is 6.22.